The number of ether oxygens (including phenoxy) is 1. The standard InChI is InChI=1S/C10H11BrF2O/c1-2-3-7-6-8(11)4-5-9(7)14-10(12)13/h4-6,10H,2-3H2,1H3. The maximum absolute atomic E-state index is 12.0. The largest absolute Gasteiger partial charge is 0.435 e. The Morgan fingerprint density at radius 1 is 1.43 bits per heavy atom. The SMILES string of the molecule is CCCc1cc(Br)ccc1OC(F)F. The zero-order chi connectivity index (χ0) is 10.6. The summed E-state index contributed by atoms with van der Waals surface area (Å²) in [6.07, 6.45) is 1.64. The van der Waals surface area contributed by atoms with Crippen LogP contribution in [0.3, 0.4) is 0 Å². The van der Waals surface area contributed by atoms with E-state index in [1.807, 2.05) is 6.92 Å². The van der Waals surface area contributed by atoms with E-state index in [1.54, 1.807) is 18.2 Å². The average molecular weight is 265 g/mol. The molecule has 1 aromatic carbocycles. The van der Waals surface area contributed by atoms with Crippen molar-refractivity contribution < 1.29 is 13.5 Å². The Hall–Kier alpha value is -0.640. The molecule has 0 aliphatic heterocycles. The summed E-state index contributed by atoms with van der Waals surface area (Å²) in [7, 11) is 0. The highest BCUT2D eigenvalue weighted by Gasteiger charge is 2.09. The molecule has 0 N–H and O–H groups in total. The lowest BCUT2D eigenvalue weighted by Crippen LogP contribution is -2.04. The molecule has 0 atom stereocenters. The zero-order valence-corrected chi connectivity index (χ0v) is 9.35. The molecule has 0 aliphatic carbocycles. The van der Waals surface area contributed by atoms with E-state index >= 15 is 0 Å². The van der Waals surface area contributed by atoms with Crippen LogP contribution in [0.4, 0.5) is 8.78 Å². The van der Waals surface area contributed by atoms with Crippen molar-refractivity contribution in [3.8, 4) is 5.75 Å². The van der Waals surface area contributed by atoms with Gasteiger partial charge in [0.15, 0.2) is 0 Å². The van der Waals surface area contributed by atoms with Crippen molar-refractivity contribution in [2.45, 2.75) is 26.4 Å². The third-order valence-corrected chi connectivity index (χ3v) is 2.25. The minimum Gasteiger partial charge on any atom is -0.435 e. The van der Waals surface area contributed by atoms with Gasteiger partial charge in [-0.3, -0.25) is 0 Å². The number of alkyl halides is 2. The highest BCUT2D eigenvalue weighted by atomic mass is 79.9. The molecule has 0 fully saturated rings. The summed E-state index contributed by atoms with van der Waals surface area (Å²) in [5, 5.41) is 0. The van der Waals surface area contributed by atoms with Crippen LogP contribution in [0.1, 0.15) is 18.9 Å². The van der Waals surface area contributed by atoms with E-state index in [2.05, 4.69) is 20.7 Å². The van der Waals surface area contributed by atoms with Gasteiger partial charge >= 0.3 is 6.61 Å². The van der Waals surface area contributed by atoms with Crippen LogP contribution in [0.15, 0.2) is 22.7 Å². The molecule has 78 valence electrons. The highest BCUT2D eigenvalue weighted by Crippen LogP contribution is 2.25. The number of aryl methyl sites for hydroxylation is 1. The summed E-state index contributed by atoms with van der Waals surface area (Å²) < 4.78 is 29.3. The van der Waals surface area contributed by atoms with E-state index in [0.717, 1.165) is 22.9 Å². The highest BCUT2D eigenvalue weighted by molar-refractivity contribution is 9.10. The summed E-state index contributed by atoms with van der Waals surface area (Å²) in [6, 6.07) is 5.05. The van der Waals surface area contributed by atoms with Gasteiger partial charge in [0.25, 0.3) is 0 Å². The van der Waals surface area contributed by atoms with Crippen LogP contribution in [-0.2, 0) is 6.42 Å². The zero-order valence-electron chi connectivity index (χ0n) is 7.77. The van der Waals surface area contributed by atoms with E-state index in [1.165, 1.54) is 0 Å². The number of halogens is 3. The van der Waals surface area contributed by atoms with Crippen LogP contribution in [-0.4, -0.2) is 6.61 Å². The van der Waals surface area contributed by atoms with Crippen LogP contribution in [0.25, 0.3) is 0 Å². The normalized spacial score (nSPS) is 10.6. The summed E-state index contributed by atoms with van der Waals surface area (Å²) >= 11 is 3.29. The second kappa shape index (κ2) is 5.29. The molecule has 0 unspecified atom stereocenters. The van der Waals surface area contributed by atoms with Gasteiger partial charge in [0, 0.05) is 4.47 Å². The number of benzene rings is 1. The third kappa shape index (κ3) is 3.25. The van der Waals surface area contributed by atoms with Gasteiger partial charge in [-0.1, -0.05) is 29.3 Å². The molecule has 0 saturated carbocycles. The van der Waals surface area contributed by atoms with Crippen molar-refractivity contribution in [3.05, 3.63) is 28.2 Å². The summed E-state index contributed by atoms with van der Waals surface area (Å²) in [5.41, 5.74) is 0.808. The van der Waals surface area contributed by atoms with Crippen molar-refractivity contribution in [2.24, 2.45) is 0 Å². The van der Waals surface area contributed by atoms with Gasteiger partial charge in [0.2, 0.25) is 0 Å². The Morgan fingerprint density at radius 3 is 2.71 bits per heavy atom. The first-order chi connectivity index (χ1) is 6.63. The minimum atomic E-state index is -2.76. The molecule has 4 heteroatoms. The lowest BCUT2D eigenvalue weighted by molar-refractivity contribution is -0.0504. The Kier molecular flexibility index (Phi) is 4.32. The maximum atomic E-state index is 12.0. The predicted octanol–water partition coefficient (Wildman–Crippen LogP) is 4.00. The smallest absolute Gasteiger partial charge is 0.387 e. The Balaban J connectivity index is 2.89. The quantitative estimate of drug-likeness (QED) is 0.799. The van der Waals surface area contributed by atoms with Gasteiger partial charge in [-0.25, -0.2) is 0 Å². The molecule has 0 bridgehead atoms. The molecule has 0 aliphatic rings. The summed E-state index contributed by atoms with van der Waals surface area (Å²) in [5.74, 6) is 0.269. The van der Waals surface area contributed by atoms with Crippen molar-refractivity contribution in [2.75, 3.05) is 0 Å². The van der Waals surface area contributed by atoms with Crippen LogP contribution in [0.5, 0.6) is 5.75 Å². The number of hydrogen-bond donors (Lipinski definition) is 0. The first-order valence-corrected chi connectivity index (χ1v) is 5.16. The molecular weight excluding hydrogens is 254 g/mol. The molecule has 0 aromatic heterocycles. The number of hydrogen-bond acceptors (Lipinski definition) is 1. The van der Waals surface area contributed by atoms with Crippen LogP contribution < -0.4 is 4.74 Å². The van der Waals surface area contributed by atoms with Crippen molar-refractivity contribution in [1.29, 1.82) is 0 Å². The van der Waals surface area contributed by atoms with Gasteiger partial charge < -0.3 is 4.74 Å². The monoisotopic (exact) mass is 264 g/mol. The van der Waals surface area contributed by atoms with Crippen molar-refractivity contribution in [3.63, 3.8) is 0 Å². The maximum Gasteiger partial charge on any atom is 0.387 e. The van der Waals surface area contributed by atoms with E-state index in [4.69, 9.17) is 0 Å². The fraction of sp³-hybridized carbons (Fsp3) is 0.400. The van der Waals surface area contributed by atoms with Gasteiger partial charge in [0.05, 0.1) is 0 Å². The van der Waals surface area contributed by atoms with Gasteiger partial charge in [0.1, 0.15) is 5.75 Å². The van der Waals surface area contributed by atoms with Crippen LogP contribution in [0, 0.1) is 0 Å². The molecule has 0 saturated heterocycles. The van der Waals surface area contributed by atoms with E-state index in [-0.39, 0.29) is 5.75 Å². The molecule has 0 heterocycles. The second-order valence-corrected chi connectivity index (χ2v) is 3.80. The number of rotatable bonds is 4. The summed E-state index contributed by atoms with van der Waals surface area (Å²) in [4.78, 5) is 0. The van der Waals surface area contributed by atoms with Crippen molar-refractivity contribution >= 4 is 15.9 Å². The van der Waals surface area contributed by atoms with E-state index in [0.29, 0.717) is 0 Å². The third-order valence-electron chi connectivity index (χ3n) is 1.76. The van der Waals surface area contributed by atoms with E-state index in [9.17, 15) is 8.78 Å². The molecule has 1 aromatic rings. The second-order valence-electron chi connectivity index (χ2n) is 2.88. The molecule has 0 spiro atoms. The van der Waals surface area contributed by atoms with Crippen LogP contribution in [0.2, 0.25) is 0 Å². The molecule has 14 heavy (non-hydrogen) atoms. The Bertz CT molecular complexity index is 302. The Labute approximate surface area is 90.2 Å². The minimum absolute atomic E-state index is 0.269. The van der Waals surface area contributed by atoms with Crippen LogP contribution >= 0.6 is 15.9 Å². The first kappa shape index (κ1) is 11.4. The fourth-order valence-corrected chi connectivity index (χ4v) is 1.63. The van der Waals surface area contributed by atoms with E-state index < -0.39 is 6.61 Å². The lowest BCUT2D eigenvalue weighted by atomic mass is 10.1. The topological polar surface area (TPSA) is 9.23 Å². The molecule has 0 radical (unpaired) electrons. The molecule has 1 nitrogen and oxygen atoms in total. The van der Waals surface area contributed by atoms with Gasteiger partial charge in [-0.15, -0.1) is 0 Å². The predicted molar refractivity (Wildman–Crippen MR) is 54.8 cm³/mol. The molecule has 1 rings (SSSR count). The molecular formula is C10H11BrF2O. The summed E-state index contributed by atoms with van der Waals surface area (Å²) in [6.45, 7) is -0.764. The first-order valence-electron chi connectivity index (χ1n) is 4.36. The van der Waals surface area contributed by atoms with Gasteiger partial charge in [-0.2, -0.15) is 8.78 Å². The van der Waals surface area contributed by atoms with Crippen molar-refractivity contribution in [1.82, 2.24) is 0 Å². The average Bonchev–Trinajstić information content (AvgIpc) is 2.09. The molecule has 0 amide bonds. The van der Waals surface area contributed by atoms with Gasteiger partial charge in [-0.05, 0) is 30.2 Å². The lowest BCUT2D eigenvalue weighted by Gasteiger charge is -2.10. The Morgan fingerprint density at radius 2 is 2.14 bits per heavy atom. The fourth-order valence-electron chi connectivity index (χ4n) is 1.22.